The summed E-state index contributed by atoms with van der Waals surface area (Å²) < 4.78 is 4.96. The molecular weight excluding hydrogens is 338 g/mol. The van der Waals surface area contributed by atoms with Crippen LogP contribution in [0.5, 0.6) is 0 Å². The van der Waals surface area contributed by atoms with E-state index < -0.39 is 41.0 Å². The number of carbonyl (C=O) groups is 3. The van der Waals surface area contributed by atoms with Crippen molar-refractivity contribution in [1.82, 2.24) is 5.32 Å². The Balaban J connectivity index is 2.49. The average Bonchev–Trinajstić information content (AvgIpc) is 2.59. The predicted molar refractivity (Wildman–Crippen MR) is 95.6 cm³/mol. The lowest BCUT2D eigenvalue weighted by atomic mass is 9.70. The molecule has 0 spiro atoms. The molecule has 1 amide bonds. The monoisotopic (exact) mass is 359 g/mol. The summed E-state index contributed by atoms with van der Waals surface area (Å²) >= 11 is 0. The zero-order chi connectivity index (χ0) is 19.5. The topological polar surface area (TPSA) is 113 Å². The van der Waals surface area contributed by atoms with Gasteiger partial charge in [-0.1, -0.05) is 30.4 Å². The van der Waals surface area contributed by atoms with Crippen LogP contribution in [-0.2, 0) is 24.5 Å². The van der Waals surface area contributed by atoms with E-state index in [-0.39, 0.29) is 0 Å². The first kappa shape index (κ1) is 19.4. The quantitative estimate of drug-likeness (QED) is 0.666. The molecule has 26 heavy (non-hydrogen) atoms. The molecule has 1 aliphatic rings. The van der Waals surface area contributed by atoms with Gasteiger partial charge < -0.3 is 20.3 Å². The number of benzene rings is 1. The van der Waals surface area contributed by atoms with Crippen molar-refractivity contribution in [2.45, 2.75) is 19.3 Å². The molecule has 7 nitrogen and oxygen atoms in total. The van der Waals surface area contributed by atoms with Gasteiger partial charge in [0.25, 0.3) is 5.91 Å². The van der Waals surface area contributed by atoms with E-state index in [2.05, 4.69) is 5.32 Å². The maximum Gasteiger partial charge on any atom is 0.322 e. The standard InChI is InChI=1S/C19H21NO6/c1-19(2)13-9-11(5-4-8-26-3)6-7-12(13)16(23)15(17(19)24)18(25)20-10-14(21)22/h4-7,9,23H,8,10H2,1-3H3,(H,20,25)(H,21,22)/b5-4+. The van der Waals surface area contributed by atoms with Crippen LogP contribution in [0, 0.1) is 0 Å². The van der Waals surface area contributed by atoms with Crippen LogP contribution in [0.4, 0.5) is 0 Å². The Bertz CT molecular complexity index is 819. The van der Waals surface area contributed by atoms with Crippen molar-refractivity contribution in [2.75, 3.05) is 20.3 Å². The lowest BCUT2D eigenvalue weighted by molar-refractivity contribution is -0.138. The SMILES string of the molecule is COC/C=C/c1ccc2c(c1)C(C)(C)C(=O)C(C(=O)NCC(=O)O)=C2O. The summed E-state index contributed by atoms with van der Waals surface area (Å²) in [4.78, 5) is 35.7. The molecule has 3 N–H and O–H groups in total. The molecule has 0 bridgehead atoms. The number of aliphatic carboxylic acids is 1. The van der Waals surface area contributed by atoms with Crippen molar-refractivity contribution in [2.24, 2.45) is 0 Å². The zero-order valence-corrected chi connectivity index (χ0v) is 14.8. The Morgan fingerprint density at radius 1 is 1.31 bits per heavy atom. The second kappa shape index (κ2) is 7.53. The highest BCUT2D eigenvalue weighted by Crippen LogP contribution is 2.39. The van der Waals surface area contributed by atoms with Crippen LogP contribution in [0.1, 0.15) is 30.5 Å². The average molecular weight is 359 g/mol. The molecule has 1 aromatic rings. The lowest BCUT2D eigenvalue weighted by Gasteiger charge is -2.32. The number of ether oxygens (including phenoxy) is 1. The number of aliphatic hydroxyl groups excluding tert-OH is 1. The summed E-state index contributed by atoms with van der Waals surface area (Å²) in [5.41, 5.74) is 0.316. The number of aliphatic hydroxyl groups is 1. The molecule has 0 saturated heterocycles. The fraction of sp³-hybridized carbons (Fsp3) is 0.316. The summed E-state index contributed by atoms with van der Waals surface area (Å²) in [6.07, 6.45) is 3.65. The minimum absolute atomic E-state index is 0.374. The van der Waals surface area contributed by atoms with Crippen molar-refractivity contribution >= 4 is 29.5 Å². The molecule has 1 aliphatic carbocycles. The van der Waals surface area contributed by atoms with Crippen LogP contribution in [0.15, 0.2) is 29.8 Å². The Hall–Kier alpha value is -2.93. The highest BCUT2D eigenvalue weighted by molar-refractivity contribution is 6.28. The van der Waals surface area contributed by atoms with Gasteiger partial charge >= 0.3 is 5.97 Å². The number of nitrogens with one attached hydrogen (secondary N) is 1. The predicted octanol–water partition coefficient (Wildman–Crippen LogP) is 1.68. The molecule has 138 valence electrons. The van der Waals surface area contributed by atoms with Gasteiger partial charge in [0.15, 0.2) is 5.78 Å². The van der Waals surface area contributed by atoms with Crippen LogP contribution >= 0.6 is 0 Å². The van der Waals surface area contributed by atoms with Crippen LogP contribution < -0.4 is 5.32 Å². The van der Waals surface area contributed by atoms with Crippen molar-refractivity contribution in [3.8, 4) is 0 Å². The first-order valence-electron chi connectivity index (χ1n) is 7.98. The lowest BCUT2D eigenvalue weighted by Crippen LogP contribution is -2.42. The third-order valence-electron chi connectivity index (χ3n) is 4.20. The molecule has 7 heteroatoms. The molecule has 0 aliphatic heterocycles. The van der Waals surface area contributed by atoms with Crippen molar-refractivity contribution in [3.05, 3.63) is 46.5 Å². The normalized spacial score (nSPS) is 15.9. The Labute approximate surface area is 151 Å². The van der Waals surface area contributed by atoms with E-state index in [1.807, 2.05) is 12.2 Å². The minimum atomic E-state index is -1.24. The highest BCUT2D eigenvalue weighted by atomic mass is 16.5. The summed E-state index contributed by atoms with van der Waals surface area (Å²) in [5, 5.41) is 21.3. The van der Waals surface area contributed by atoms with E-state index in [1.54, 1.807) is 39.2 Å². The third-order valence-corrected chi connectivity index (χ3v) is 4.20. The molecule has 1 aromatic carbocycles. The number of rotatable bonds is 6. The smallest absolute Gasteiger partial charge is 0.322 e. The van der Waals surface area contributed by atoms with Crippen molar-refractivity contribution in [1.29, 1.82) is 0 Å². The van der Waals surface area contributed by atoms with Gasteiger partial charge in [-0.3, -0.25) is 14.4 Å². The number of ketones is 1. The molecule has 0 atom stereocenters. The maximum atomic E-state index is 12.8. The van der Waals surface area contributed by atoms with E-state index in [0.717, 1.165) is 5.56 Å². The molecular formula is C19H21NO6. The number of hydrogen-bond acceptors (Lipinski definition) is 5. The van der Waals surface area contributed by atoms with Gasteiger partial charge in [0.05, 0.1) is 12.0 Å². The van der Waals surface area contributed by atoms with Crippen molar-refractivity contribution < 1.29 is 29.3 Å². The minimum Gasteiger partial charge on any atom is -0.506 e. The van der Waals surface area contributed by atoms with E-state index in [0.29, 0.717) is 17.7 Å². The first-order chi connectivity index (χ1) is 12.2. The molecule has 0 aromatic heterocycles. The van der Waals surface area contributed by atoms with E-state index >= 15 is 0 Å². The number of fused-ring (bicyclic) bond motifs is 1. The summed E-state index contributed by atoms with van der Waals surface area (Å²) in [6, 6.07) is 5.16. The van der Waals surface area contributed by atoms with Gasteiger partial charge in [0.1, 0.15) is 17.9 Å². The Morgan fingerprint density at radius 2 is 2.00 bits per heavy atom. The van der Waals surface area contributed by atoms with Gasteiger partial charge in [-0.25, -0.2) is 0 Å². The molecule has 0 saturated carbocycles. The van der Waals surface area contributed by atoms with E-state index in [9.17, 15) is 19.5 Å². The summed E-state index contributed by atoms with van der Waals surface area (Å²) in [5.74, 6) is -3.16. The molecule has 0 heterocycles. The summed E-state index contributed by atoms with van der Waals surface area (Å²) in [7, 11) is 1.58. The van der Waals surface area contributed by atoms with Crippen LogP contribution in [0.2, 0.25) is 0 Å². The molecule has 0 fully saturated rings. The number of Topliss-reactive ketones (excluding diaryl/α,β-unsaturated/α-hetero) is 1. The van der Waals surface area contributed by atoms with Crippen LogP contribution in [0.25, 0.3) is 11.8 Å². The third kappa shape index (κ3) is 3.67. The van der Waals surface area contributed by atoms with Gasteiger partial charge in [0.2, 0.25) is 0 Å². The fourth-order valence-corrected chi connectivity index (χ4v) is 2.80. The van der Waals surface area contributed by atoms with Crippen LogP contribution in [0.3, 0.4) is 0 Å². The largest absolute Gasteiger partial charge is 0.506 e. The van der Waals surface area contributed by atoms with Gasteiger partial charge in [-0.15, -0.1) is 0 Å². The van der Waals surface area contributed by atoms with Crippen LogP contribution in [-0.4, -0.2) is 48.1 Å². The van der Waals surface area contributed by atoms with Gasteiger partial charge in [-0.2, -0.15) is 0 Å². The zero-order valence-electron chi connectivity index (χ0n) is 14.8. The Kier molecular flexibility index (Phi) is 5.62. The Morgan fingerprint density at radius 3 is 2.62 bits per heavy atom. The number of methoxy groups -OCH3 is 1. The number of hydrogen-bond donors (Lipinski definition) is 3. The van der Waals surface area contributed by atoms with Gasteiger partial charge in [-0.05, 0) is 25.0 Å². The van der Waals surface area contributed by atoms with E-state index in [1.165, 1.54) is 0 Å². The number of carboxylic acid groups (broad SMARTS) is 1. The fourth-order valence-electron chi connectivity index (χ4n) is 2.80. The molecule has 0 radical (unpaired) electrons. The maximum absolute atomic E-state index is 12.8. The number of amides is 1. The first-order valence-corrected chi connectivity index (χ1v) is 7.98. The number of carbonyl (C=O) groups excluding carboxylic acids is 2. The number of carboxylic acids is 1. The molecule has 0 unspecified atom stereocenters. The van der Waals surface area contributed by atoms with Crippen molar-refractivity contribution in [3.63, 3.8) is 0 Å². The molecule has 2 rings (SSSR count). The van der Waals surface area contributed by atoms with Gasteiger partial charge in [0, 0.05) is 12.7 Å². The highest BCUT2D eigenvalue weighted by Gasteiger charge is 2.43. The summed E-state index contributed by atoms with van der Waals surface area (Å²) in [6.45, 7) is 3.12. The second-order valence-electron chi connectivity index (χ2n) is 6.42. The second-order valence-corrected chi connectivity index (χ2v) is 6.42. The van der Waals surface area contributed by atoms with E-state index in [4.69, 9.17) is 9.84 Å².